The van der Waals surface area contributed by atoms with Gasteiger partial charge in [0.2, 0.25) is 6.43 Å². The van der Waals surface area contributed by atoms with Crippen LogP contribution in [-0.2, 0) is 4.79 Å². The number of hydrogen-bond acceptors (Lipinski definition) is 1. The van der Waals surface area contributed by atoms with Crippen LogP contribution in [0.5, 0.6) is 0 Å². The number of carboxylic acids is 1. The summed E-state index contributed by atoms with van der Waals surface area (Å²) in [6.07, 6.45) is -3.46. The molecule has 5 heteroatoms. The molecule has 0 amide bonds. The van der Waals surface area contributed by atoms with Gasteiger partial charge in [0.1, 0.15) is 5.82 Å². The van der Waals surface area contributed by atoms with Crippen molar-refractivity contribution >= 4 is 5.97 Å². The molecule has 0 aromatic heterocycles. The van der Waals surface area contributed by atoms with Crippen molar-refractivity contribution in [2.24, 2.45) is 0 Å². The molecule has 82 valence electrons. The van der Waals surface area contributed by atoms with Crippen molar-refractivity contribution < 1.29 is 23.1 Å². The zero-order valence-corrected chi connectivity index (χ0v) is 7.66. The third kappa shape index (κ3) is 3.27. The average molecular weight is 218 g/mol. The topological polar surface area (TPSA) is 37.3 Å². The highest BCUT2D eigenvalue weighted by atomic mass is 19.3. The highest BCUT2D eigenvalue weighted by Crippen LogP contribution is 2.23. The highest BCUT2D eigenvalue weighted by Gasteiger charge is 2.23. The molecule has 1 atom stereocenters. The van der Waals surface area contributed by atoms with Crippen molar-refractivity contribution in [2.45, 2.75) is 18.8 Å². The number of benzene rings is 1. The van der Waals surface area contributed by atoms with E-state index in [-0.39, 0.29) is 5.56 Å². The normalized spacial score (nSPS) is 12.8. The van der Waals surface area contributed by atoms with Crippen LogP contribution < -0.4 is 0 Å². The lowest BCUT2D eigenvalue weighted by molar-refractivity contribution is -0.139. The summed E-state index contributed by atoms with van der Waals surface area (Å²) in [5.41, 5.74) is 0.184. The van der Waals surface area contributed by atoms with Gasteiger partial charge < -0.3 is 5.11 Å². The van der Waals surface area contributed by atoms with Crippen LogP contribution in [0.25, 0.3) is 0 Å². The first-order valence-corrected chi connectivity index (χ1v) is 4.27. The van der Waals surface area contributed by atoms with Gasteiger partial charge in [-0.15, -0.1) is 0 Å². The maximum absolute atomic E-state index is 12.5. The fourth-order valence-electron chi connectivity index (χ4n) is 1.25. The Morgan fingerprint density at radius 1 is 1.27 bits per heavy atom. The van der Waals surface area contributed by atoms with Crippen LogP contribution in [0.3, 0.4) is 0 Å². The molecule has 0 unspecified atom stereocenters. The predicted molar refractivity (Wildman–Crippen MR) is 47.4 cm³/mol. The van der Waals surface area contributed by atoms with Gasteiger partial charge in [-0.1, -0.05) is 12.1 Å². The molecule has 1 rings (SSSR count). The third-order valence-electron chi connectivity index (χ3n) is 1.98. The predicted octanol–water partition coefficient (Wildman–Crippen LogP) is 2.65. The summed E-state index contributed by atoms with van der Waals surface area (Å²) in [7, 11) is 0. The van der Waals surface area contributed by atoms with E-state index in [4.69, 9.17) is 5.11 Å². The van der Waals surface area contributed by atoms with Crippen molar-refractivity contribution in [1.29, 1.82) is 0 Å². The Hall–Kier alpha value is -1.52. The first-order valence-electron chi connectivity index (χ1n) is 4.27. The average Bonchev–Trinajstić information content (AvgIpc) is 2.15. The number of aliphatic carboxylic acids is 1. The van der Waals surface area contributed by atoms with E-state index in [9.17, 15) is 18.0 Å². The van der Waals surface area contributed by atoms with E-state index >= 15 is 0 Å². The van der Waals surface area contributed by atoms with Gasteiger partial charge >= 0.3 is 5.97 Å². The first kappa shape index (κ1) is 11.6. The van der Waals surface area contributed by atoms with Crippen molar-refractivity contribution in [2.75, 3.05) is 0 Å². The molecule has 0 saturated carbocycles. The van der Waals surface area contributed by atoms with Crippen molar-refractivity contribution in [3.05, 3.63) is 35.6 Å². The Bertz CT molecular complexity index is 335. The Balaban J connectivity index is 2.89. The summed E-state index contributed by atoms with van der Waals surface area (Å²) in [6, 6.07) is 4.51. The Labute approximate surface area is 84.3 Å². The van der Waals surface area contributed by atoms with Gasteiger partial charge in [-0.05, 0) is 17.7 Å². The standard InChI is InChI=1S/C10H9F3O2/c11-7-3-1-6(2-4-7)8(10(14)15)5-9(12)13/h1-4,8-9H,5H2,(H,14,15)/t8-/m0/s1. The monoisotopic (exact) mass is 218 g/mol. The minimum Gasteiger partial charge on any atom is -0.481 e. The maximum atomic E-state index is 12.5. The van der Waals surface area contributed by atoms with E-state index < -0.39 is 30.6 Å². The lowest BCUT2D eigenvalue weighted by atomic mass is 9.96. The molecular formula is C10H9F3O2. The number of carbonyl (C=O) groups is 1. The molecule has 0 aliphatic carbocycles. The van der Waals surface area contributed by atoms with E-state index in [2.05, 4.69) is 0 Å². The molecule has 0 spiro atoms. The molecule has 1 N–H and O–H groups in total. The number of hydrogen-bond donors (Lipinski definition) is 1. The zero-order chi connectivity index (χ0) is 11.4. The Kier molecular flexibility index (Phi) is 3.71. The molecule has 0 bridgehead atoms. The molecule has 1 aromatic rings. The lowest BCUT2D eigenvalue weighted by Gasteiger charge is -2.11. The third-order valence-corrected chi connectivity index (χ3v) is 1.98. The molecule has 0 aliphatic rings. The molecule has 0 heterocycles. The van der Waals surface area contributed by atoms with Gasteiger partial charge in [-0.25, -0.2) is 13.2 Å². The first-order chi connectivity index (χ1) is 7.00. The number of alkyl halides is 2. The van der Waals surface area contributed by atoms with Crippen LogP contribution in [0.15, 0.2) is 24.3 Å². The number of halogens is 3. The Morgan fingerprint density at radius 2 is 1.80 bits per heavy atom. The summed E-state index contributed by atoms with van der Waals surface area (Å²) < 4.78 is 36.7. The van der Waals surface area contributed by atoms with E-state index in [1.165, 1.54) is 12.1 Å². The van der Waals surface area contributed by atoms with E-state index in [0.29, 0.717) is 0 Å². The van der Waals surface area contributed by atoms with Gasteiger partial charge in [0.05, 0.1) is 5.92 Å². The number of carboxylic acid groups (broad SMARTS) is 1. The molecule has 0 aliphatic heterocycles. The maximum Gasteiger partial charge on any atom is 0.311 e. The lowest BCUT2D eigenvalue weighted by Crippen LogP contribution is -2.14. The van der Waals surface area contributed by atoms with Crippen LogP contribution in [0.4, 0.5) is 13.2 Å². The van der Waals surface area contributed by atoms with Crippen molar-refractivity contribution in [1.82, 2.24) is 0 Å². The summed E-state index contributed by atoms with van der Waals surface area (Å²) in [5.74, 6) is -3.15. The van der Waals surface area contributed by atoms with Gasteiger partial charge in [-0.3, -0.25) is 4.79 Å². The second-order valence-electron chi connectivity index (χ2n) is 3.07. The second-order valence-corrected chi connectivity index (χ2v) is 3.07. The largest absolute Gasteiger partial charge is 0.481 e. The van der Waals surface area contributed by atoms with Crippen LogP contribution in [0.2, 0.25) is 0 Å². The van der Waals surface area contributed by atoms with Gasteiger partial charge in [0.25, 0.3) is 0 Å². The van der Waals surface area contributed by atoms with E-state index in [1.54, 1.807) is 0 Å². The number of rotatable bonds is 4. The molecule has 0 fully saturated rings. The quantitative estimate of drug-likeness (QED) is 0.843. The van der Waals surface area contributed by atoms with E-state index in [1.807, 2.05) is 0 Å². The van der Waals surface area contributed by atoms with Crippen LogP contribution in [0.1, 0.15) is 17.9 Å². The van der Waals surface area contributed by atoms with Crippen molar-refractivity contribution in [3.8, 4) is 0 Å². The summed E-state index contributed by atoms with van der Waals surface area (Å²) >= 11 is 0. The van der Waals surface area contributed by atoms with Crippen LogP contribution in [0, 0.1) is 5.82 Å². The van der Waals surface area contributed by atoms with Crippen LogP contribution >= 0.6 is 0 Å². The van der Waals surface area contributed by atoms with Crippen LogP contribution in [-0.4, -0.2) is 17.5 Å². The molecule has 1 aromatic carbocycles. The zero-order valence-electron chi connectivity index (χ0n) is 7.66. The molecule has 2 nitrogen and oxygen atoms in total. The van der Waals surface area contributed by atoms with Gasteiger partial charge in [0, 0.05) is 6.42 Å². The summed E-state index contributed by atoms with van der Waals surface area (Å²) in [6.45, 7) is 0. The summed E-state index contributed by atoms with van der Waals surface area (Å²) in [4.78, 5) is 10.7. The van der Waals surface area contributed by atoms with Crippen molar-refractivity contribution in [3.63, 3.8) is 0 Å². The highest BCUT2D eigenvalue weighted by molar-refractivity contribution is 5.76. The SMILES string of the molecule is O=C(O)[C@@H](CC(F)F)c1ccc(F)cc1. The van der Waals surface area contributed by atoms with Gasteiger partial charge in [0.15, 0.2) is 0 Å². The second kappa shape index (κ2) is 4.82. The molecule has 15 heavy (non-hydrogen) atoms. The smallest absolute Gasteiger partial charge is 0.311 e. The molecule has 0 saturated heterocycles. The minimum absolute atomic E-state index is 0.184. The van der Waals surface area contributed by atoms with Gasteiger partial charge in [-0.2, -0.15) is 0 Å². The Morgan fingerprint density at radius 3 is 2.20 bits per heavy atom. The molecule has 0 radical (unpaired) electrons. The van der Waals surface area contributed by atoms with E-state index in [0.717, 1.165) is 12.1 Å². The fourth-order valence-corrected chi connectivity index (χ4v) is 1.25. The molecular weight excluding hydrogens is 209 g/mol. The minimum atomic E-state index is -2.70. The fraction of sp³-hybridized carbons (Fsp3) is 0.300. The summed E-state index contributed by atoms with van der Waals surface area (Å²) in [5, 5.41) is 8.72.